The van der Waals surface area contributed by atoms with E-state index < -0.39 is 0 Å². The maximum absolute atomic E-state index is 6.11. The summed E-state index contributed by atoms with van der Waals surface area (Å²) in [4.78, 5) is 6.95. The fourth-order valence-electron chi connectivity index (χ4n) is 3.35. The first-order valence-electron chi connectivity index (χ1n) is 8.69. The van der Waals surface area contributed by atoms with Gasteiger partial charge in [-0.1, -0.05) is 5.16 Å². The molecule has 0 spiro atoms. The monoisotopic (exact) mass is 358 g/mol. The van der Waals surface area contributed by atoms with E-state index in [0.29, 0.717) is 11.7 Å². The lowest BCUT2D eigenvalue weighted by atomic mass is 9.92. The largest absolute Gasteiger partial charge is 0.371 e. The van der Waals surface area contributed by atoms with E-state index in [4.69, 9.17) is 9.26 Å². The van der Waals surface area contributed by atoms with E-state index in [1.165, 1.54) is 4.88 Å². The first kappa shape index (κ1) is 16.5. The molecule has 1 aliphatic heterocycles. The molecule has 0 N–H and O–H groups in total. The standard InChI is InChI=1S/C18H22N4O2S/c1-11(2)22-14(8-9-19-22)16-13(5-4-10-23-16)18-20-17(21-24-18)15-7-6-12(3)25-15/h6-9,11,13,16H,4-5,10H2,1-3H3/t13-,16-/m1/s1. The fraction of sp³-hybridized carbons (Fsp3) is 0.500. The lowest BCUT2D eigenvalue weighted by Crippen LogP contribution is -2.24. The van der Waals surface area contributed by atoms with Gasteiger partial charge < -0.3 is 9.26 Å². The van der Waals surface area contributed by atoms with Crippen LogP contribution in [0.5, 0.6) is 0 Å². The maximum Gasteiger partial charge on any atom is 0.233 e. The van der Waals surface area contributed by atoms with Gasteiger partial charge in [0.2, 0.25) is 11.7 Å². The highest BCUT2D eigenvalue weighted by molar-refractivity contribution is 7.15. The summed E-state index contributed by atoms with van der Waals surface area (Å²) in [6, 6.07) is 6.42. The molecule has 1 fully saturated rings. The molecule has 0 unspecified atom stereocenters. The van der Waals surface area contributed by atoms with Crippen LogP contribution in [0.1, 0.15) is 61.2 Å². The number of aryl methyl sites for hydroxylation is 1. The van der Waals surface area contributed by atoms with Gasteiger partial charge >= 0.3 is 0 Å². The van der Waals surface area contributed by atoms with Crippen LogP contribution in [0, 0.1) is 6.92 Å². The van der Waals surface area contributed by atoms with Crippen molar-refractivity contribution < 1.29 is 9.26 Å². The maximum atomic E-state index is 6.11. The van der Waals surface area contributed by atoms with Crippen molar-refractivity contribution >= 4 is 11.3 Å². The topological polar surface area (TPSA) is 66.0 Å². The van der Waals surface area contributed by atoms with Crippen molar-refractivity contribution in [3.63, 3.8) is 0 Å². The summed E-state index contributed by atoms with van der Waals surface area (Å²) in [5.74, 6) is 1.38. The third-order valence-corrected chi connectivity index (χ3v) is 5.52. The second-order valence-corrected chi connectivity index (χ2v) is 7.99. The van der Waals surface area contributed by atoms with Gasteiger partial charge in [-0.25, -0.2) is 0 Å². The van der Waals surface area contributed by atoms with Crippen LogP contribution in [0.2, 0.25) is 0 Å². The molecule has 1 saturated heterocycles. The van der Waals surface area contributed by atoms with Crippen LogP contribution in [-0.4, -0.2) is 26.5 Å². The second-order valence-electron chi connectivity index (χ2n) is 6.70. The molecule has 0 amide bonds. The van der Waals surface area contributed by atoms with Crippen LogP contribution < -0.4 is 0 Å². The van der Waals surface area contributed by atoms with Gasteiger partial charge in [-0.2, -0.15) is 10.1 Å². The lowest BCUT2D eigenvalue weighted by molar-refractivity contribution is -0.0159. The number of hydrogen-bond acceptors (Lipinski definition) is 6. The van der Waals surface area contributed by atoms with Crippen molar-refractivity contribution in [1.29, 1.82) is 0 Å². The highest BCUT2D eigenvalue weighted by Crippen LogP contribution is 2.41. The molecule has 3 aromatic rings. The molecule has 4 rings (SSSR count). The van der Waals surface area contributed by atoms with Gasteiger partial charge in [-0.3, -0.25) is 4.68 Å². The smallest absolute Gasteiger partial charge is 0.233 e. The zero-order chi connectivity index (χ0) is 17.4. The first-order chi connectivity index (χ1) is 12.1. The molecular formula is C18H22N4O2S. The van der Waals surface area contributed by atoms with E-state index in [1.807, 2.05) is 23.0 Å². The molecule has 0 bridgehead atoms. The Hall–Kier alpha value is -1.99. The molecule has 2 atom stereocenters. The van der Waals surface area contributed by atoms with E-state index >= 15 is 0 Å². The molecule has 25 heavy (non-hydrogen) atoms. The number of rotatable bonds is 4. The van der Waals surface area contributed by atoms with E-state index in [1.54, 1.807) is 11.3 Å². The van der Waals surface area contributed by atoms with Crippen LogP contribution in [-0.2, 0) is 4.74 Å². The van der Waals surface area contributed by atoms with Crippen LogP contribution in [0.3, 0.4) is 0 Å². The molecule has 0 aromatic carbocycles. The van der Waals surface area contributed by atoms with Crippen LogP contribution in [0.25, 0.3) is 10.7 Å². The van der Waals surface area contributed by atoms with Gasteiger partial charge in [-0.05, 0) is 51.8 Å². The Bertz CT molecular complexity index is 851. The Balaban J connectivity index is 1.65. The molecule has 0 saturated carbocycles. The average Bonchev–Trinajstić information content (AvgIpc) is 3.34. The molecular weight excluding hydrogens is 336 g/mol. The number of aromatic nitrogens is 4. The minimum Gasteiger partial charge on any atom is -0.371 e. The van der Waals surface area contributed by atoms with Crippen molar-refractivity contribution in [1.82, 2.24) is 19.9 Å². The highest BCUT2D eigenvalue weighted by Gasteiger charge is 2.35. The molecule has 6 nitrogen and oxygen atoms in total. The fourth-order valence-corrected chi connectivity index (χ4v) is 4.14. The van der Waals surface area contributed by atoms with E-state index in [-0.39, 0.29) is 18.1 Å². The third kappa shape index (κ3) is 3.14. The minimum absolute atomic E-state index is 0.0604. The summed E-state index contributed by atoms with van der Waals surface area (Å²) in [7, 11) is 0. The predicted octanol–water partition coefficient (Wildman–Crippen LogP) is 4.52. The van der Waals surface area contributed by atoms with Crippen molar-refractivity contribution in [3.05, 3.63) is 40.9 Å². The van der Waals surface area contributed by atoms with Gasteiger partial charge in [0, 0.05) is 23.7 Å². The number of hydrogen-bond donors (Lipinski definition) is 0. The molecule has 1 aliphatic rings. The van der Waals surface area contributed by atoms with Crippen molar-refractivity contribution in [3.8, 4) is 10.7 Å². The van der Waals surface area contributed by atoms with Gasteiger partial charge in [0.05, 0.1) is 16.5 Å². The molecule has 4 heterocycles. The van der Waals surface area contributed by atoms with Crippen molar-refractivity contribution in [2.24, 2.45) is 0 Å². The van der Waals surface area contributed by atoms with Crippen LogP contribution >= 0.6 is 11.3 Å². The Kier molecular flexibility index (Phi) is 4.43. The molecule has 132 valence electrons. The minimum atomic E-state index is -0.1000. The zero-order valence-corrected chi connectivity index (χ0v) is 15.5. The summed E-state index contributed by atoms with van der Waals surface area (Å²) in [5.41, 5.74) is 1.08. The van der Waals surface area contributed by atoms with E-state index in [9.17, 15) is 0 Å². The highest BCUT2D eigenvalue weighted by atomic mass is 32.1. The van der Waals surface area contributed by atoms with E-state index in [2.05, 4.69) is 42.1 Å². The lowest BCUT2D eigenvalue weighted by Gasteiger charge is -2.30. The summed E-state index contributed by atoms with van der Waals surface area (Å²) < 4.78 is 13.8. The number of nitrogens with zero attached hydrogens (tertiary/aromatic N) is 4. The van der Waals surface area contributed by atoms with Crippen LogP contribution in [0.15, 0.2) is 28.9 Å². The van der Waals surface area contributed by atoms with Crippen molar-refractivity contribution in [2.45, 2.75) is 51.7 Å². The Morgan fingerprint density at radius 1 is 1.28 bits per heavy atom. The Labute approximate surface area is 150 Å². The number of thiophene rings is 1. The first-order valence-corrected chi connectivity index (χ1v) is 9.50. The quantitative estimate of drug-likeness (QED) is 0.686. The molecule has 0 aliphatic carbocycles. The van der Waals surface area contributed by atoms with Gasteiger partial charge in [0.25, 0.3) is 0 Å². The van der Waals surface area contributed by atoms with Crippen LogP contribution in [0.4, 0.5) is 0 Å². The normalized spacial score (nSPS) is 21.1. The molecule has 7 heteroatoms. The zero-order valence-electron chi connectivity index (χ0n) is 14.7. The molecule has 3 aromatic heterocycles. The third-order valence-electron chi connectivity index (χ3n) is 4.52. The Morgan fingerprint density at radius 3 is 2.92 bits per heavy atom. The molecule has 0 radical (unpaired) electrons. The average molecular weight is 358 g/mol. The van der Waals surface area contributed by atoms with Gasteiger partial charge in [-0.15, -0.1) is 11.3 Å². The van der Waals surface area contributed by atoms with Gasteiger partial charge in [0.15, 0.2) is 0 Å². The summed E-state index contributed by atoms with van der Waals surface area (Å²) >= 11 is 1.68. The van der Waals surface area contributed by atoms with E-state index in [0.717, 1.165) is 30.0 Å². The number of ether oxygens (including phenoxy) is 1. The summed E-state index contributed by atoms with van der Waals surface area (Å²) in [6.07, 6.45) is 3.70. The Morgan fingerprint density at radius 2 is 2.16 bits per heavy atom. The van der Waals surface area contributed by atoms with Crippen molar-refractivity contribution in [2.75, 3.05) is 6.61 Å². The SMILES string of the molecule is Cc1ccc(-c2noc([C@@H]3CCCO[C@H]3c3ccnn3C(C)C)n2)s1. The van der Waals surface area contributed by atoms with Gasteiger partial charge in [0.1, 0.15) is 6.10 Å². The second kappa shape index (κ2) is 6.72. The summed E-state index contributed by atoms with van der Waals surface area (Å²) in [6.45, 7) is 7.07. The predicted molar refractivity (Wildman–Crippen MR) is 95.6 cm³/mol. The summed E-state index contributed by atoms with van der Waals surface area (Å²) in [5, 5.41) is 8.64.